The number of aromatic amines is 1. The van der Waals surface area contributed by atoms with Gasteiger partial charge >= 0.3 is 12.2 Å². The molecule has 1 amide bonds. The van der Waals surface area contributed by atoms with Gasteiger partial charge in [0.25, 0.3) is 5.91 Å². The Hall–Kier alpha value is -3.95. The lowest BCUT2D eigenvalue weighted by Crippen LogP contribution is -2.37. The minimum absolute atomic E-state index is 0.118. The number of amides is 1. The number of H-pyrrole nitrogens is 1. The van der Waals surface area contributed by atoms with Crippen LogP contribution in [0, 0.1) is 24.2 Å². The molecule has 2 aliphatic rings. The Balaban J connectivity index is 1.31. The molecule has 1 aliphatic heterocycles. The number of anilines is 1. The number of aromatic nitrogens is 6. The minimum Gasteiger partial charge on any atom is -0.463 e. The van der Waals surface area contributed by atoms with E-state index in [9.17, 15) is 18.0 Å². The van der Waals surface area contributed by atoms with Crippen molar-refractivity contribution in [3.8, 4) is 18.4 Å². The van der Waals surface area contributed by atoms with Crippen LogP contribution in [0.1, 0.15) is 41.5 Å². The van der Waals surface area contributed by atoms with E-state index in [2.05, 4.69) is 36.1 Å². The normalized spacial score (nSPS) is 20.2. The van der Waals surface area contributed by atoms with Crippen LogP contribution in [0.3, 0.4) is 0 Å². The minimum atomic E-state index is -4.56. The second kappa shape index (κ2) is 9.60. The summed E-state index contributed by atoms with van der Waals surface area (Å²) < 4.78 is 43.4. The summed E-state index contributed by atoms with van der Waals surface area (Å²) in [6, 6.07) is 3.72. The van der Waals surface area contributed by atoms with Gasteiger partial charge in [-0.25, -0.2) is 4.98 Å². The number of hydrogen-bond acceptors (Lipinski definition) is 8. The quantitative estimate of drug-likeness (QED) is 0.475. The number of fused-ring (bicyclic) bond motifs is 1. The zero-order valence-electron chi connectivity index (χ0n) is 19.1. The number of carbonyl (C=O) groups excluding carboxylic acids is 1. The van der Waals surface area contributed by atoms with Gasteiger partial charge in [-0.05, 0) is 31.4 Å². The lowest BCUT2D eigenvalue weighted by molar-refractivity contribution is -0.123. The summed E-state index contributed by atoms with van der Waals surface area (Å²) in [5.74, 6) is 1.83. The molecule has 188 valence electrons. The van der Waals surface area contributed by atoms with Crippen molar-refractivity contribution in [3.05, 3.63) is 29.8 Å². The van der Waals surface area contributed by atoms with Crippen LogP contribution < -0.4 is 15.0 Å². The predicted molar refractivity (Wildman–Crippen MR) is 122 cm³/mol. The van der Waals surface area contributed by atoms with Crippen LogP contribution in [-0.2, 0) is 0 Å². The van der Waals surface area contributed by atoms with Gasteiger partial charge in [-0.3, -0.25) is 9.89 Å². The molecule has 13 heteroatoms. The first-order valence-electron chi connectivity index (χ1n) is 11.5. The second-order valence-corrected chi connectivity index (χ2v) is 8.89. The fourth-order valence-corrected chi connectivity index (χ4v) is 4.28. The van der Waals surface area contributed by atoms with Crippen LogP contribution in [0.15, 0.2) is 18.3 Å². The number of alkyl halides is 3. The lowest BCUT2D eigenvalue weighted by Gasteiger charge is -2.31. The van der Waals surface area contributed by atoms with Crippen molar-refractivity contribution in [2.75, 3.05) is 31.1 Å². The Morgan fingerprint density at radius 2 is 2.08 bits per heavy atom. The first kappa shape index (κ1) is 23.8. The van der Waals surface area contributed by atoms with E-state index < -0.39 is 24.5 Å². The van der Waals surface area contributed by atoms with E-state index in [0.717, 1.165) is 30.3 Å². The Labute approximate surface area is 204 Å². The topological polar surface area (TPSA) is 122 Å². The number of ether oxygens (including phenoxy) is 1. The fourth-order valence-electron chi connectivity index (χ4n) is 4.28. The smallest absolute Gasteiger partial charge is 0.405 e. The fraction of sp³-hybridized carbons (Fsp3) is 0.478. The summed E-state index contributed by atoms with van der Waals surface area (Å²) >= 11 is 0. The van der Waals surface area contributed by atoms with Crippen LogP contribution in [0.25, 0.3) is 11.0 Å². The number of halogens is 3. The van der Waals surface area contributed by atoms with E-state index in [-0.39, 0.29) is 36.3 Å². The van der Waals surface area contributed by atoms with Crippen LogP contribution in [0.5, 0.6) is 6.01 Å². The highest BCUT2D eigenvalue weighted by Gasteiger charge is 2.36. The maximum atomic E-state index is 12.6. The number of rotatable bonds is 7. The van der Waals surface area contributed by atoms with Gasteiger partial charge in [0.05, 0.1) is 6.61 Å². The molecule has 2 atom stereocenters. The van der Waals surface area contributed by atoms with E-state index >= 15 is 0 Å². The van der Waals surface area contributed by atoms with Crippen molar-refractivity contribution >= 4 is 22.9 Å². The van der Waals surface area contributed by atoms with Gasteiger partial charge in [-0.15, -0.1) is 12.3 Å². The molecule has 2 N–H and O–H groups in total. The molecule has 3 aromatic heterocycles. The lowest BCUT2D eigenvalue weighted by atomic mass is 9.92. The molecule has 3 aromatic rings. The number of piperidine rings is 1. The van der Waals surface area contributed by atoms with Gasteiger partial charge < -0.3 is 15.0 Å². The zero-order valence-corrected chi connectivity index (χ0v) is 19.1. The summed E-state index contributed by atoms with van der Waals surface area (Å²) in [7, 11) is 0. The number of nitrogens with zero attached hydrogens (tertiary/aromatic N) is 6. The largest absolute Gasteiger partial charge is 0.463 e. The highest BCUT2D eigenvalue weighted by molar-refractivity contribution is 5.90. The average molecular weight is 500 g/mol. The molecule has 0 unspecified atom stereocenters. The van der Waals surface area contributed by atoms with Crippen molar-refractivity contribution in [3.63, 3.8) is 0 Å². The zero-order chi connectivity index (χ0) is 25.3. The third-order valence-corrected chi connectivity index (χ3v) is 6.36. The number of pyridine rings is 1. The molecule has 2 fully saturated rings. The summed E-state index contributed by atoms with van der Waals surface area (Å²) in [5, 5.41) is 10.1. The third-order valence-electron chi connectivity index (χ3n) is 6.36. The van der Waals surface area contributed by atoms with Crippen LogP contribution in [0.4, 0.5) is 19.1 Å². The summed E-state index contributed by atoms with van der Waals surface area (Å²) in [6.45, 7) is -0.126. The van der Waals surface area contributed by atoms with E-state index in [4.69, 9.17) is 11.2 Å². The van der Waals surface area contributed by atoms with Crippen molar-refractivity contribution < 1.29 is 22.7 Å². The molecule has 5 rings (SSSR count). The summed E-state index contributed by atoms with van der Waals surface area (Å²) in [5.41, 5.74) is 1.67. The van der Waals surface area contributed by atoms with Gasteiger partial charge in [-0.1, -0.05) is 0 Å². The van der Waals surface area contributed by atoms with Gasteiger partial charge in [0.2, 0.25) is 11.8 Å². The predicted octanol–water partition coefficient (Wildman–Crippen LogP) is 2.47. The molecule has 1 aliphatic carbocycles. The standard InChI is InChI=1S/C23H23F3N8O2/c1-2-13-10-15(13)11-36-22-30-19(20(35)28-12-23(24,25)26)29-21(31-22)34-8-5-14(6-9-34)17-16-4-3-7-27-18(16)33-32-17/h1,3-4,7,13-15H,5-6,8-12H2,(H,28,35)(H,27,32,33)/t13-,15-/m1/s1. The number of carbonyl (C=O) groups is 1. The van der Waals surface area contributed by atoms with Gasteiger partial charge in [0.1, 0.15) is 6.54 Å². The van der Waals surface area contributed by atoms with Gasteiger partial charge in [0.15, 0.2) is 5.65 Å². The molecular weight excluding hydrogens is 477 g/mol. The highest BCUT2D eigenvalue weighted by Crippen LogP contribution is 2.38. The molecule has 0 radical (unpaired) electrons. The molecule has 1 saturated heterocycles. The number of hydrogen-bond donors (Lipinski definition) is 2. The Morgan fingerprint density at radius 1 is 1.28 bits per heavy atom. The molecule has 36 heavy (non-hydrogen) atoms. The summed E-state index contributed by atoms with van der Waals surface area (Å²) in [6.07, 6.45) is 4.85. The molecule has 0 aromatic carbocycles. The van der Waals surface area contributed by atoms with Crippen molar-refractivity contribution in [2.24, 2.45) is 11.8 Å². The molecule has 0 spiro atoms. The average Bonchev–Trinajstić information content (AvgIpc) is 3.52. The van der Waals surface area contributed by atoms with Crippen molar-refractivity contribution in [1.29, 1.82) is 0 Å². The maximum Gasteiger partial charge on any atom is 0.405 e. The van der Waals surface area contributed by atoms with Crippen molar-refractivity contribution in [2.45, 2.75) is 31.4 Å². The summed E-state index contributed by atoms with van der Waals surface area (Å²) in [4.78, 5) is 30.9. The first-order valence-corrected chi connectivity index (χ1v) is 11.5. The Morgan fingerprint density at radius 3 is 2.81 bits per heavy atom. The number of terminal acetylenes is 1. The molecule has 4 heterocycles. The Bertz CT molecular complexity index is 1300. The number of nitrogens with one attached hydrogen (secondary N) is 2. The molecule has 1 saturated carbocycles. The van der Waals surface area contributed by atoms with E-state index in [1.165, 1.54) is 0 Å². The van der Waals surface area contributed by atoms with E-state index in [1.807, 2.05) is 17.0 Å². The highest BCUT2D eigenvalue weighted by atomic mass is 19.4. The van der Waals surface area contributed by atoms with Gasteiger partial charge in [0, 0.05) is 48.1 Å². The maximum absolute atomic E-state index is 12.6. The Kier molecular flexibility index (Phi) is 6.34. The van der Waals surface area contributed by atoms with E-state index in [1.54, 1.807) is 11.5 Å². The second-order valence-electron chi connectivity index (χ2n) is 8.89. The van der Waals surface area contributed by atoms with Crippen LogP contribution in [-0.4, -0.2) is 68.5 Å². The van der Waals surface area contributed by atoms with Crippen LogP contribution in [0.2, 0.25) is 0 Å². The van der Waals surface area contributed by atoms with Gasteiger partial charge in [-0.2, -0.15) is 33.2 Å². The first-order chi connectivity index (χ1) is 17.3. The molecular formula is C23H23F3N8O2. The van der Waals surface area contributed by atoms with Crippen molar-refractivity contribution in [1.82, 2.24) is 35.5 Å². The third kappa shape index (κ3) is 5.32. The monoisotopic (exact) mass is 500 g/mol. The van der Waals surface area contributed by atoms with E-state index in [0.29, 0.717) is 18.7 Å². The van der Waals surface area contributed by atoms with Crippen LogP contribution >= 0.6 is 0 Å². The molecule has 10 nitrogen and oxygen atoms in total. The SMILES string of the molecule is C#C[C@@H]1C[C@@H]1COc1nc(C(=O)NCC(F)(F)F)nc(N2CCC(c3[nH]nc4ncccc34)CC2)n1. The molecule has 0 bridgehead atoms.